The van der Waals surface area contributed by atoms with Crippen LogP contribution in [0.15, 0.2) is 12.1 Å². The summed E-state index contributed by atoms with van der Waals surface area (Å²) in [7, 11) is 3.86. The normalized spacial score (nSPS) is 10.9. The van der Waals surface area contributed by atoms with Gasteiger partial charge < -0.3 is 10.2 Å². The SMILES string of the molecule is CN(C)CCCNc1cc(F)c(F)cc1F. The molecule has 0 amide bonds. The Labute approximate surface area is 93.1 Å². The molecule has 5 heteroatoms. The Morgan fingerprint density at radius 2 is 1.69 bits per heavy atom. The Bertz CT molecular complexity index is 353. The number of nitrogens with one attached hydrogen (secondary N) is 1. The molecule has 0 saturated heterocycles. The van der Waals surface area contributed by atoms with Crippen LogP contribution in [0.1, 0.15) is 6.42 Å². The third-order valence-corrected chi connectivity index (χ3v) is 2.11. The Balaban J connectivity index is 2.51. The van der Waals surface area contributed by atoms with Crippen LogP contribution in [0.3, 0.4) is 0 Å². The van der Waals surface area contributed by atoms with Gasteiger partial charge in [0.1, 0.15) is 5.82 Å². The third kappa shape index (κ3) is 3.73. The molecule has 0 fully saturated rings. The molecule has 0 bridgehead atoms. The van der Waals surface area contributed by atoms with Gasteiger partial charge in [-0.15, -0.1) is 0 Å². The maximum Gasteiger partial charge on any atom is 0.161 e. The summed E-state index contributed by atoms with van der Waals surface area (Å²) >= 11 is 0. The van der Waals surface area contributed by atoms with Crippen molar-refractivity contribution >= 4 is 5.69 Å². The molecule has 0 spiro atoms. The van der Waals surface area contributed by atoms with E-state index in [0.29, 0.717) is 12.6 Å². The summed E-state index contributed by atoms with van der Waals surface area (Å²) in [5.74, 6) is -2.99. The summed E-state index contributed by atoms with van der Waals surface area (Å²) in [6.45, 7) is 1.36. The monoisotopic (exact) mass is 232 g/mol. The summed E-state index contributed by atoms with van der Waals surface area (Å²) in [5, 5.41) is 2.73. The topological polar surface area (TPSA) is 15.3 Å². The highest BCUT2D eigenvalue weighted by Gasteiger charge is 2.08. The van der Waals surface area contributed by atoms with Crippen molar-refractivity contribution in [1.29, 1.82) is 0 Å². The number of hydrogen-bond donors (Lipinski definition) is 1. The van der Waals surface area contributed by atoms with Gasteiger partial charge in [0.05, 0.1) is 5.69 Å². The standard InChI is InChI=1S/C11H15F3N2/c1-16(2)5-3-4-15-11-7-9(13)8(12)6-10(11)14/h6-7,15H,3-5H2,1-2H3. The molecule has 0 aromatic heterocycles. The zero-order valence-corrected chi connectivity index (χ0v) is 9.36. The first kappa shape index (κ1) is 12.8. The second kappa shape index (κ2) is 5.75. The Morgan fingerprint density at radius 3 is 2.31 bits per heavy atom. The van der Waals surface area contributed by atoms with Gasteiger partial charge in [0.25, 0.3) is 0 Å². The van der Waals surface area contributed by atoms with Crippen molar-refractivity contribution in [3.63, 3.8) is 0 Å². The highest BCUT2D eigenvalue weighted by molar-refractivity contribution is 5.45. The highest BCUT2D eigenvalue weighted by Crippen LogP contribution is 2.18. The molecule has 1 aromatic carbocycles. The summed E-state index contributed by atoms with van der Waals surface area (Å²) in [6, 6.07) is 1.38. The fraction of sp³-hybridized carbons (Fsp3) is 0.455. The predicted molar refractivity (Wildman–Crippen MR) is 58.0 cm³/mol. The second-order valence-corrected chi connectivity index (χ2v) is 3.83. The van der Waals surface area contributed by atoms with Crippen LogP contribution in [0.5, 0.6) is 0 Å². The van der Waals surface area contributed by atoms with Gasteiger partial charge in [-0.1, -0.05) is 0 Å². The molecule has 1 aromatic rings. The lowest BCUT2D eigenvalue weighted by molar-refractivity contribution is 0.405. The summed E-state index contributed by atoms with van der Waals surface area (Å²) in [5.41, 5.74) is -0.00217. The molecule has 0 saturated carbocycles. The molecule has 0 radical (unpaired) electrons. The number of anilines is 1. The van der Waals surface area contributed by atoms with Crippen LogP contribution in [0.2, 0.25) is 0 Å². The van der Waals surface area contributed by atoms with E-state index in [1.54, 1.807) is 0 Å². The van der Waals surface area contributed by atoms with Gasteiger partial charge in [-0.2, -0.15) is 0 Å². The second-order valence-electron chi connectivity index (χ2n) is 3.83. The smallest absolute Gasteiger partial charge is 0.161 e. The van der Waals surface area contributed by atoms with Gasteiger partial charge in [-0.25, -0.2) is 13.2 Å². The summed E-state index contributed by atoms with van der Waals surface area (Å²) in [4.78, 5) is 1.99. The van der Waals surface area contributed by atoms with Crippen LogP contribution in [0.25, 0.3) is 0 Å². The van der Waals surface area contributed by atoms with E-state index in [9.17, 15) is 13.2 Å². The molecule has 0 aliphatic rings. The van der Waals surface area contributed by atoms with E-state index in [4.69, 9.17) is 0 Å². The lowest BCUT2D eigenvalue weighted by Gasteiger charge is -2.11. The van der Waals surface area contributed by atoms with Crippen LogP contribution in [0, 0.1) is 17.5 Å². The van der Waals surface area contributed by atoms with E-state index in [1.807, 2.05) is 19.0 Å². The van der Waals surface area contributed by atoms with E-state index in [0.717, 1.165) is 19.0 Å². The molecule has 2 nitrogen and oxygen atoms in total. The Morgan fingerprint density at radius 1 is 1.06 bits per heavy atom. The number of nitrogens with zero attached hydrogens (tertiary/aromatic N) is 1. The van der Waals surface area contributed by atoms with Gasteiger partial charge in [0.2, 0.25) is 0 Å². The first-order valence-electron chi connectivity index (χ1n) is 5.04. The summed E-state index contributed by atoms with van der Waals surface area (Å²) < 4.78 is 38.5. The minimum Gasteiger partial charge on any atom is -0.383 e. The van der Waals surface area contributed by atoms with Crippen molar-refractivity contribution in [3.8, 4) is 0 Å². The van der Waals surface area contributed by atoms with Crippen molar-refractivity contribution in [2.24, 2.45) is 0 Å². The number of hydrogen-bond acceptors (Lipinski definition) is 2. The maximum atomic E-state index is 13.1. The van der Waals surface area contributed by atoms with E-state index < -0.39 is 17.5 Å². The molecular formula is C11H15F3N2. The van der Waals surface area contributed by atoms with E-state index >= 15 is 0 Å². The molecule has 0 atom stereocenters. The molecule has 0 aliphatic carbocycles. The molecule has 1 N–H and O–H groups in total. The highest BCUT2D eigenvalue weighted by atomic mass is 19.2. The van der Waals surface area contributed by atoms with Crippen LogP contribution in [-0.2, 0) is 0 Å². The van der Waals surface area contributed by atoms with Crippen molar-refractivity contribution < 1.29 is 13.2 Å². The molecular weight excluding hydrogens is 217 g/mol. The largest absolute Gasteiger partial charge is 0.383 e. The van der Waals surface area contributed by atoms with Gasteiger partial charge in [0.15, 0.2) is 11.6 Å². The van der Waals surface area contributed by atoms with Crippen molar-refractivity contribution in [3.05, 3.63) is 29.6 Å². The van der Waals surface area contributed by atoms with Gasteiger partial charge in [-0.3, -0.25) is 0 Å². The number of benzene rings is 1. The van der Waals surface area contributed by atoms with Gasteiger partial charge >= 0.3 is 0 Å². The molecule has 0 aliphatic heterocycles. The predicted octanol–water partition coefficient (Wildman–Crippen LogP) is 2.47. The number of rotatable bonds is 5. The van der Waals surface area contributed by atoms with Crippen molar-refractivity contribution in [2.45, 2.75) is 6.42 Å². The minimum absolute atomic E-state index is 0.00217. The average molecular weight is 232 g/mol. The third-order valence-electron chi connectivity index (χ3n) is 2.11. The molecule has 16 heavy (non-hydrogen) atoms. The first-order chi connectivity index (χ1) is 7.50. The van der Waals surface area contributed by atoms with Gasteiger partial charge in [0, 0.05) is 18.7 Å². The van der Waals surface area contributed by atoms with Crippen LogP contribution in [0.4, 0.5) is 18.9 Å². The zero-order valence-electron chi connectivity index (χ0n) is 9.36. The Kier molecular flexibility index (Phi) is 4.61. The molecule has 90 valence electrons. The van der Waals surface area contributed by atoms with E-state index in [-0.39, 0.29) is 5.69 Å². The molecule has 1 rings (SSSR count). The van der Waals surface area contributed by atoms with Gasteiger partial charge in [-0.05, 0) is 27.1 Å². The van der Waals surface area contributed by atoms with Crippen molar-refractivity contribution in [2.75, 3.05) is 32.5 Å². The van der Waals surface area contributed by atoms with Crippen LogP contribution in [-0.4, -0.2) is 32.1 Å². The fourth-order valence-corrected chi connectivity index (χ4v) is 1.28. The average Bonchev–Trinajstić information content (AvgIpc) is 2.19. The fourth-order valence-electron chi connectivity index (χ4n) is 1.28. The van der Waals surface area contributed by atoms with Crippen molar-refractivity contribution in [1.82, 2.24) is 4.90 Å². The Hall–Kier alpha value is -1.23. The first-order valence-corrected chi connectivity index (χ1v) is 5.04. The molecule has 0 unspecified atom stereocenters. The van der Waals surface area contributed by atoms with E-state index in [2.05, 4.69) is 5.32 Å². The number of halogens is 3. The zero-order chi connectivity index (χ0) is 12.1. The van der Waals surface area contributed by atoms with Crippen LogP contribution < -0.4 is 5.32 Å². The van der Waals surface area contributed by atoms with E-state index in [1.165, 1.54) is 0 Å². The summed E-state index contributed by atoms with van der Waals surface area (Å²) in [6.07, 6.45) is 0.797. The van der Waals surface area contributed by atoms with Crippen LogP contribution >= 0.6 is 0 Å². The lowest BCUT2D eigenvalue weighted by atomic mass is 10.2. The minimum atomic E-state index is -1.17. The maximum absolute atomic E-state index is 13.1. The quantitative estimate of drug-likeness (QED) is 0.619. The molecule has 0 heterocycles. The lowest BCUT2D eigenvalue weighted by Crippen LogP contribution is -2.16.